The van der Waals surface area contributed by atoms with E-state index < -0.39 is 17.9 Å². The fourth-order valence-electron chi connectivity index (χ4n) is 4.53. The van der Waals surface area contributed by atoms with Crippen LogP contribution in [0.2, 0.25) is 0 Å². The summed E-state index contributed by atoms with van der Waals surface area (Å²) in [5.41, 5.74) is 2.91. The highest BCUT2D eigenvalue weighted by atomic mass is 19.2. The number of rotatable bonds is 7. The topological polar surface area (TPSA) is 36.9 Å². The number of halogens is 2. The molecule has 0 aliphatic carbocycles. The lowest BCUT2D eigenvalue weighted by molar-refractivity contribution is -0.246. The molecule has 2 aromatic carbocycles. The summed E-state index contributed by atoms with van der Waals surface area (Å²) < 4.78 is 51.8. The summed E-state index contributed by atoms with van der Waals surface area (Å²) in [6, 6.07) is 11.8. The molecule has 0 N–H and O–H groups in total. The van der Waals surface area contributed by atoms with E-state index in [4.69, 9.17) is 18.9 Å². The smallest absolute Gasteiger partial charge is 0.200 e. The van der Waals surface area contributed by atoms with Crippen molar-refractivity contribution < 1.29 is 27.7 Å². The first kappa shape index (κ1) is 23.1. The Kier molecular flexibility index (Phi) is 7.76. The third kappa shape index (κ3) is 5.13. The number of hydrogen-bond acceptors (Lipinski definition) is 4. The lowest BCUT2D eigenvalue weighted by Crippen LogP contribution is -2.43. The first-order chi connectivity index (χ1) is 15.6. The van der Waals surface area contributed by atoms with Crippen molar-refractivity contribution >= 4 is 0 Å². The van der Waals surface area contributed by atoms with Crippen LogP contribution in [0.25, 0.3) is 0 Å². The zero-order valence-electron chi connectivity index (χ0n) is 18.8. The van der Waals surface area contributed by atoms with Crippen LogP contribution in [0, 0.1) is 11.6 Å². The molecule has 2 unspecified atom stereocenters. The van der Waals surface area contributed by atoms with Crippen LogP contribution in [0.1, 0.15) is 61.6 Å². The maximum atomic E-state index is 14.5. The standard InChI is InChI=1S/C26H32F2O4/c1-3-5-17-6-8-18(9-7-17)20-15-31-26(32-16-20)23-12-10-19(14-30-23)21-11-13-22(29-4-2)25(28)24(21)27/h6-9,11,13,19-20,23,26H,3-5,10,12,14-16H2,1-2H3. The van der Waals surface area contributed by atoms with Gasteiger partial charge in [-0.1, -0.05) is 43.7 Å². The van der Waals surface area contributed by atoms with E-state index in [0.29, 0.717) is 38.2 Å². The summed E-state index contributed by atoms with van der Waals surface area (Å²) in [6.45, 7) is 5.68. The summed E-state index contributed by atoms with van der Waals surface area (Å²) in [7, 11) is 0. The number of aryl methyl sites for hydroxylation is 1. The molecule has 4 rings (SSSR count). The van der Waals surface area contributed by atoms with Gasteiger partial charge in [-0.3, -0.25) is 0 Å². The Bertz CT molecular complexity index is 870. The second-order valence-corrected chi connectivity index (χ2v) is 8.58. The van der Waals surface area contributed by atoms with Gasteiger partial charge in [0.2, 0.25) is 5.82 Å². The minimum absolute atomic E-state index is 0.0538. The van der Waals surface area contributed by atoms with E-state index in [0.717, 1.165) is 12.8 Å². The van der Waals surface area contributed by atoms with E-state index in [1.807, 2.05) is 0 Å². The van der Waals surface area contributed by atoms with E-state index in [9.17, 15) is 8.78 Å². The molecule has 0 spiro atoms. The van der Waals surface area contributed by atoms with Crippen molar-refractivity contribution in [3.63, 3.8) is 0 Å². The predicted octanol–water partition coefficient (Wildman–Crippen LogP) is 5.74. The van der Waals surface area contributed by atoms with E-state index >= 15 is 0 Å². The Morgan fingerprint density at radius 3 is 2.19 bits per heavy atom. The van der Waals surface area contributed by atoms with Crippen molar-refractivity contribution in [3.8, 4) is 5.75 Å². The molecule has 32 heavy (non-hydrogen) atoms. The van der Waals surface area contributed by atoms with Crippen LogP contribution in [0.4, 0.5) is 8.78 Å². The highest BCUT2D eigenvalue weighted by Crippen LogP contribution is 2.35. The maximum Gasteiger partial charge on any atom is 0.200 e. The van der Waals surface area contributed by atoms with Crippen LogP contribution >= 0.6 is 0 Å². The summed E-state index contributed by atoms with van der Waals surface area (Å²) in [4.78, 5) is 0. The van der Waals surface area contributed by atoms with Gasteiger partial charge in [0, 0.05) is 11.8 Å². The third-order valence-corrected chi connectivity index (χ3v) is 6.34. The summed E-state index contributed by atoms with van der Waals surface area (Å²) in [5.74, 6) is -1.82. The van der Waals surface area contributed by atoms with Crippen molar-refractivity contribution in [1.29, 1.82) is 0 Å². The van der Waals surface area contributed by atoms with Crippen LogP contribution < -0.4 is 4.74 Å². The van der Waals surface area contributed by atoms with Gasteiger partial charge in [0.05, 0.1) is 26.4 Å². The summed E-state index contributed by atoms with van der Waals surface area (Å²) in [5, 5.41) is 0. The predicted molar refractivity (Wildman–Crippen MR) is 118 cm³/mol. The number of hydrogen-bond donors (Lipinski definition) is 0. The minimum atomic E-state index is -0.931. The van der Waals surface area contributed by atoms with E-state index in [2.05, 4.69) is 31.2 Å². The molecule has 0 radical (unpaired) electrons. The van der Waals surface area contributed by atoms with Crippen molar-refractivity contribution in [2.75, 3.05) is 26.4 Å². The van der Waals surface area contributed by atoms with Crippen LogP contribution in [-0.4, -0.2) is 38.8 Å². The van der Waals surface area contributed by atoms with Crippen LogP contribution in [0.15, 0.2) is 36.4 Å². The summed E-state index contributed by atoms with van der Waals surface area (Å²) >= 11 is 0. The van der Waals surface area contributed by atoms with Gasteiger partial charge in [-0.2, -0.15) is 4.39 Å². The van der Waals surface area contributed by atoms with Gasteiger partial charge in [0.1, 0.15) is 6.10 Å². The Balaban J connectivity index is 1.29. The van der Waals surface area contributed by atoms with E-state index in [1.54, 1.807) is 13.0 Å². The molecular weight excluding hydrogens is 414 g/mol. The molecule has 0 bridgehead atoms. The zero-order valence-corrected chi connectivity index (χ0v) is 18.8. The quantitative estimate of drug-likeness (QED) is 0.544. The van der Waals surface area contributed by atoms with Crippen molar-refractivity contribution in [1.82, 2.24) is 0 Å². The average Bonchev–Trinajstić information content (AvgIpc) is 2.83. The Labute approximate surface area is 188 Å². The fraction of sp³-hybridized carbons (Fsp3) is 0.538. The Hall–Kier alpha value is -2.02. The second kappa shape index (κ2) is 10.7. The Morgan fingerprint density at radius 2 is 1.56 bits per heavy atom. The molecule has 0 saturated carbocycles. The molecule has 2 fully saturated rings. The van der Waals surface area contributed by atoms with Crippen molar-refractivity contribution in [2.45, 2.75) is 63.8 Å². The first-order valence-electron chi connectivity index (χ1n) is 11.6. The highest BCUT2D eigenvalue weighted by molar-refractivity contribution is 5.33. The van der Waals surface area contributed by atoms with Crippen LogP contribution in [-0.2, 0) is 20.6 Å². The number of benzene rings is 2. The van der Waals surface area contributed by atoms with Crippen molar-refractivity contribution in [2.24, 2.45) is 0 Å². The SMILES string of the molecule is CCCc1ccc(C2COC(C3CCC(c4ccc(OCC)c(F)c4F)CO3)OC2)cc1. The molecule has 4 nitrogen and oxygen atoms in total. The third-order valence-electron chi connectivity index (χ3n) is 6.34. The van der Waals surface area contributed by atoms with Gasteiger partial charge in [-0.05, 0) is 48.9 Å². The van der Waals surface area contributed by atoms with Gasteiger partial charge < -0.3 is 18.9 Å². The second-order valence-electron chi connectivity index (χ2n) is 8.58. The lowest BCUT2D eigenvalue weighted by Gasteiger charge is -2.37. The first-order valence-corrected chi connectivity index (χ1v) is 11.6. The monoisotopic (exact) mass is 446 g/mol. The normalized spacial score (nSPS) is 26.1. The van der Waals surface area contributed by atoms with E-state index in [1.165, 1.54) is 17.2 Å². The number of ether oxygens (including phenoxy) is 4. The Morgan fingerprint density at radius 1 is 0.844 bits per heavy atom. The summed E-state index contributed by atoms with van der Waals surface area (Å²) in [6.07, 6.45) is 2.95. The van der Waals surface area contributed by atoms with Crippen LogP contribution in [0.5, 0.6) is 5.75 Å². The largest absolute Gasteiger partial charge is 0.491 e. The molecule has 2 aliphatic rings. The van der Waals surface area contributed by atoms with Gasteiger partial charge >= 0.3 is 0 Å². The van der Waals surface area contributed by atoms with Crippen LogP contribution in [0.3, 0.4) is 0 Å². The molecular formula is C26H32F2O4. The molecule has 2 aliphatic heterocycles. The van der Waals surface area contributed by atoms with Gasteiger partial charge in [0.15, 0.2) is 17.9 Å². The average molecular weight is 447 g/mol. The molecule has 0 aromatic heterocycles. The molecule has 2 atom stereocenters. The highest BCUT2D eigenvalue weighted by Gasteiger charge is 2.35. The van der Waals surface area contributed by atoms with Gasteiger partial charge in [-0.25, -0.2) is 4.39 Å². The molecule has 174 valence electrons. The molecule has 0 amide bonds. The fourth-order valence-corrected chi connectivity index (χ4v) is 4.53. The molecule has 2 aromatic rings. The minimum Gasteiger partial charge on any atom is -0.491 e. The lowest BCUT2D eigenvalue weighted by atomic mass is 9.90. The van der Waals surface area contributed by atoms with Crippen molar-refractivity contribution in [3.05, 3.63) is 64.7 Å². The molecule has 6 heteroatoms. The van der Waals surface area contributed by atoms with E-state index in [-0.39, 0.29) is 30.3 Å². The van der Waals surface area contributed by atoms with Gasteiger partial charge in [0.25, 0.3) is 0 Å². The zero-order chi connectivity index (χ0) is 22.5. The molecule has 2 heterocycles. The molecule has 2 saturated heterocycles. The van der Waals surface area contributed by atoms with Gasteiger partial charge in [-0.15, -0.1) is 0 Å². The maximum absolute atomic E-state index is 14.5.